The highest BCUT2D eigenvalue weighted by molar-refractivity contribution is 5.82. The Labute approximate surface area is 157 Å². The van der Waals surface area contributed by atoms with Crippen LogP contribution in [0.15, 0.2) is 42.5 Å². The number of ether oxygens (including phenoxy) is 1. The molecule has 0 aromatic heterocycles. The number of alkyl halides is 3. The van der Waals surface area contributed by atoms with Crippen molar-refractivity contribution in [1.29, 1.82) is 0 Å². The van der Waals surface area contributed by atoms with Crippen molar-refractivity contribution in [3.8, 4) is 5.75 Å². The largest absolute Gasteiger partial charge is 0.480 e. The lowest BCUT2D eigenvalue weighted by molar-refractivity contribution is -0.384. The van der Waals surface area contributed by atoms with E-state index in [1.165, 1.54) is 0 Å². The van der Waals surface area contributed by atoms with Crippen molar-refractivity contribution in [2.75, 3.05) is 18.4 Å². The molecule has 28 heavy (non-hydrogen) atoms. The van der Waals surface area contributed by atoms with E-state index in [1.807, 2.05) is 12.1 Å². The molecule has 1 heterocycles. The van der Waals surface area contributed by atoms with Gasteiger partial charge < -0.3 is 15.4 Å². The van der Waals surface area contributed by atoms with Gasteiger partial charge in [0.2, 0.25) is 0 Å². The minimum Gasteiger partial charge on any atom is -0.480 e. The quantitative estimate of drug-likeness (QED) is 0.445. The second-order valence-electron chi connectivity index (χ2n) is 6.12. The number of nitrogens with zero attached hydrogens (tertiary/aromatic N) is 1. The summed E-state index contributed by atoms with van der Waals surface area (Å²) in [6.07, 6.45) is -4.88. The maximum absolute atomic E-state index is 12.7. The van der Waals surface area contributed by atoms with Gasteiger partial charge in [-0.1, -0.05) is 18.2 Å². The molecule has 2 N–H and O–H groups in total. The zero-order chi connectivity index (χ0) is 20.3. The van der Waals surface area contributed by atoms with Crippen LogP contribution >= 0.6 is 0 Å². The Morgan fingerprint density at radius 1 is 1.21 bits per heavy atom. The van der Waals surface area contributed by atoms with E-state index in [0.717, 1.165) is 17.7 Å². The molecule has 0 aliphatic carbocycles. The minimum atomic E-state index is -4.67. The Kier molecular flexibility index (Phi) is 5.39. The van der Waals surface area contributed by atoms with Crippen molar-refractivity contribution in [3.63, 3.8) is 0 Å². The van der Waals surface area contributed by atoms with Gasteiger partial charge in [0.05, 0.1) is 10.5 Å². The van der Waals surface area contributed by atoms with Crippen LogP contribution in [-0.4, -0.2) is 30.0 Å². The van der Waals surface area contributed by atoms with Gasteiger partial charge in [0.15, 0.2) is 6.10 Å². The van der Waals surface area contributed by atoms with Crippen LogP contribution in [-0.2, 0) is 17.4 Å². The van der Waals surface area contributed by atoms with Crippen molar-refractivity contribution in [3.05, 3.63) is 63.7 Å². The Hall–Kier alpha value is -3.30. The first kappa shape index (κ1) is 19.5. The second kappa shape index (κ2) is 7.75. The lowest BCUT2D eigenvalue weighted by Gasteiger charge is -2.13. The van der Waals surface area contributed by atoms with Crippen LogP contribution in [0.5, 0.6) is 5.75 Å². The molecule has 1 amide bonds. The van der Waals surface area contributed by atoms with E-state index in [4.69, 9.17) is 4.74 Å². The fourth-order valence-corrected chi connectivity index (χ4v) is 2.83. The van der Waals surface area contributed by atoms with Crippen LogP contribution in [0.1, 0.15) is 11.1 Å². The standard InChI is InChI=1S/C18H16F3N3O4/c19-18(20,21)12-5-6-13(14(10-12)24(26)27)22-7-8-23-17(25)16-9-11-3-1-2-4-15(11)28-16/h1-6,10,16,22H,7-9H2,(H,23,25)/t16-/m1/s1. The van der Waals surface area contributed by atoms with E-state index >= 15 is 0 Å². The summed E-state index contributed by atoms with van der Waals surface area (Å²) in [5.74, 6) is 0.320. The molecule has 2 aromatic rings. The van der Waals surface area contributed by atoms with Gasteiger partial charge in [-0.25, -0.2) is 0 Å². The number of halogens is 3. The van der Waals surface area contributed by atoms with Gasteiger partial charge in [0.25, 0.3) is 11.6 Å². The summed E-state index contributed by atoms with van der Waals surface area (Å²) >= 11 is 0. The smallest absolute Gasteiger partial charge is 0.416 e. The van der Waals surface area contributed by atoms with Gasteiger partial charge in [-0.05, 0) is 23.8 Å². The molecule has 0 unspecified atom stereocenters. The van der Waals surface area contributed by atoms with E-state index in [1.54, 1.807) is 12.1 Å². The van der Waals surface area contributed by atoms with E-state index in [0.29, 0.717) is 18.2 Å². The maximum Gasteiger partial charge on any atom is 0.416 e. The summed E-state index contributed by atoms with van der Waals surface area (Å²) in [6, 6.07) is 9.53. The van der Waals surface area contributed by atoms with Gasteiger partial charge >= 0.3 is 6.18 Å². The SMILES string of the molecule is O=C(NCCNc1ccc(C(F)(F)F)cc1[N+](=O)[O-])[C@H]1Cc2ccccc2O1. The van der Waals surface area contributed by atoms with Crippen LogP contribution in [0, 0.1) is 10.1 Å². The summed E-state index contributed by atoms with van der Waals surface area (Å²) < 4.78 is 43.7. The average Bonchev–Trinajstić information content (AvgIpc) is 3.08. The Balaban J connectivity index is 1.53. The summed E-state index contributed by atoms with van der Waals surface area (Å²) in [5.41, 5.74) is -0.912. The number of amides is 1. The summed E-state index contributed by atoms with van der Waals surface area (Å²) in [5, 5.41) is 16.3. The molecule has 7 nitrogen and oxygen atoms in total. The van der Waals surface area contributed by atoms with Crippen molar-refractivity contribution in [2.24, 2.45) is 0 Å². The molecule has 3 rings (SSSR count). The summed E-state index contributed by atoms with van der Waals surface area (Å²) in [4.78, 5) is 22.3. The van der Waals surface area contributed by atoms with Gasteiger partial charge in [-0.2, -0.15) is 13.2 Å². The lowest BCUT2D eigenvalue weighted by Crippen LogP contribution is -2.39. The van der Waals surface area contributed by atoms with E-state index in [-0.39, 0.29) is 24.7 Å². The normalized spacial score (nSPS) is 15.5. The number of carbonyl (C=O) groups excluding carboxylic acids is 1. The van der Waals surface area contributed by atoms with Crippen LogP contribution in [0.3, 0.4) is 0 Å². The molecule has 0 radical (unpaired) electrons. The molecule has 0 saturated heterocycles. The number of benzene rings is 2. The number of para-hydroxylation sites is 1. The second-order valence-corrected chi connectivity index (χ2v) is 6.12. The molecule has 148 valence electrons. The summed E-state index contributed by atoms with van der Waals surface area (Å²) in [6.45, 7) is 0.213. The molecule has 10 heteroatoms. The van der Waals surface area contributed by atoms with Gasteiger partial charge in [-0.15, -0.1) is 0 Å². The molecule has 1 atom stereocenters. The van der Waals surface area contributed by atoms with Gasteiger partial charge in [0, 0.05) is 25.6 Å². The average molecular weight is 395 g/mol. The van der Waals surface area contributed by atoms with E-state index < -0.39 is 28.5 Å². The Morgan fingerprint density at radius 3 is 2.64 bits per heavy atom. The molecule has 0 bridgehead atoms. The number of rotatable bonds is 6. The highest BCUT2D eigenvalue weighted by Crippen LogP contribution is 2.34. The molecule has 1 aliphatic heterocycles. The van der Waals surface area contributed by atoms with Crippen molar-refractivity contribution >= 4 is 17.3 Å². The monoisotopic (exact) mass is 395 g/mol. The highest BCUT2D eigenvalue weighted by atomic mass is 19.4. The molecule has 0 fully saturated rings. The third kappa shape index (κ3) is 4.33. The minimum absolute atomic E-state index is 0.0585. The predicted octanol–water partition coefficient (Wildman–Crippen LogP) is 3.15. The fraction of sp³-hybridized carbons (Fsp3) is 0.278. The van der Waals surface area contributed by atoms with E-state index in [2.05, 4.69) is 10.6 Å². The molecule has 0 saturated carbocycles. The Bertz CT molecular complexity index is 877. The zero-order valence-electron chi connectivity index (χ0n) is 14.5. The van der Waals surface area contributed by atoms with Crippen molar-refractivity contribution in [2.45, 2.75) is 18.7 Å². The van der Waals surface area contributed by atoms with Crippen LogP contribution in [0.2, 0.25) is 0 Å². The van der Waals surface area contributed by atoms with Crippen LogP contribution < -0.4 is 15.4 Å². The van der Waals surface area contributed by atoms with Crippen LogP contribution in [0.25, 0.3) is 0 Å². The number of hydrogen-bond acceptors (Lipinski definition) is 5. The third-order valence-electron chi connectivity index (χ3n) is 4.20. The molecule has 0 spiro atoms. The summed E-state index contributed by atoms with van der Waals surface area (Å²) in [7, 11) is 0. The van der Waals surface area contributed by atoms with E-state index in [9.17, 15) is 28.1 Å². The number of nitro benzene ring substituents is 1. The topological polar surface area (TPSA) is 93.5 Å². The first-order valence-corrected chi connectivity index (χ1v) is 8.37. The molecule has 1 aliphatic rings. The predicted molar refractivity (Wildman–Crippen MR) is 94.2 cm³/mol. The number of nitro groups is 1. The Morgan fingerprint density at radius 2 is 1.96 bits per heavy atom. The fourth-order valence-electron chi connectivity index (χ4n) is 2.83. The van der Waals surface area contributed by atoms with Crippen molar-refractivity contribution < 1.29 is 27.6 Å². The lowest BCUT2D eigenvalue weighted by atomic mass is 10.1. The first-order valence-electron chi connectivity index (χ1n) is 8.37. The molecular weight excluding hydrogens is 379 g/mol. The first-order chi connectivity index (χ1) is 13.3. The van der Waals surface area contributed by atoms with Crippen molar-refractivity contribution in [1.82, 2.24) is 5.32 Å². The van der Waals surface area contributed by atoms with Gasteiger partial charge in [0.1, 0.15) is 11.4 Å². The number of carbonyl (C=O) groups is 1. The maximum atomic E-state index is 12.7. The van der Waals surface area contributed by atoms with Crippen LogP contribution in [0.4, 0.5) is 24.5 Å². The number of nitrogens with one attached hydrogen (secondary N) is 2. The number of fused-ring (bicyclic) bond motifs is 1. The zero-order valence-corrected chi connectivity index (χ0v) is 14.5. The highest BCUT2D eigenvalue weighted by Gasteiger charge is 2.33. The van der Waals surface area contributed by atoms with Gasteiger partial charge in [-0.3, -0.25) is 14.9 Å². The number of anilines is 1. The molecule has 2 aromatic carbocycles. The third-order valence-corrected chi connectivity index (χ3v) is 4.20. The number of hydrogen-bond donors (Lipinski definition) is 2. The molecular formula is C18H16F3N3O4.